The third-order valence-corrected chi connectivity index (χ3v) is 3.67. The highest BCUT2D eigenvalue weighted by atomic mass is 16.6. The van der Waals surface area contributed by atoms with Gasteiger partial charge in [-0.3, -0.25) is 9.59 Å². The van der Waals surface area contributed by atoms with Crippen LogP contribution < -0.4 is 0 Å². The average molecular weight is 321 g/mol. The Morgan fingerprint density at radius 3 is 2.33 bits per heavy atom. The quantitative estimate of drug-likeness (QED) is 0.639. The van der Waals surface area contributed by atoms with Crippen molar-refractivity contribution < 1.29 is 19.1 Å². The number of ether oxygens (including phenoxy) is 1. The van der Waals surface area contributed by atoms with Crippen LogP contribution in [0.5, 0.6) is 0 Å². The van der Waals surface area contributed by atoms with Crippen molar-refractivity contribution in [2.75, 3.05) is 0 Å². The molecule has 0 atom stereocenters. The van der Waals surface area contributed by atoms with E-state index in [1.165, 1.54) is 13.0 Å². The number of benzene rings is 2. The van der Waals surface area contributed by atoms with Gasteiger partial charge in [0.15, 0.2) is 11.5 Å². The molecule has 0 unspecified atom stereocenters. The molecular weight excluding hydrogens is 306 g/mol. The summed E-state index contributed by atoms with van der Waals surface area (Å²) in [6, 6.07) is 15.9. The Balaban J connectivity index is 1.79. The third kappa shape index (κ3) is 3.25. The first-order valence-corrected chi connectivity index (χ1v) is 7.45. The maximum atomic E-state index is 12.4. The molecule has 0 spiro atoms. The summed E-state index contributed by atoms with van der Waals surface area (Å²) in [5.74, 6) is -0.530. The van der Waals surface area contributed by atoms with Crippen LogP contribution in [0, 0.1) is 0 Å². The predicted octanol–water partition coefficient (Wildman–Crippen LogP) is 3.41. The molecule has 2 aromatic rings. The molecule has 0 saturated carbocycles. The molecule has 3 rings (SSSR count). The van der Waals surface area contributed by atoms with Gasteiger partial charge in [-0.05, 0) is 24.1 Å². The van der Waals surface area contributed by atoms with Crippen LogP contribution >= 0.6 is 0 Å². The summed E-state index contributed by atoms with van der Waals surface area (Å²) < 4.78 is 5.07. The second-order valence-electron chi connectivity index (χ2n) is 5.43. The number of carbonyl (C=O) groups excluding carboxylic acids is 3. The van der Waals surface area contributed by atoms with Gasteiger partial charge in [-0.2, -0.15) is 0 Å². The fourth-order valence-electron chi connectivity index (χ4n) is 2.37. The van der Waals surface area contributed by atoms with Crippen LogP contribution in [-0.4, -0.2) is 22.7 Å². The Kier molecular flexibility index (Phi) is 4.24. The van der Waals surface area contributed by atoms with Gasteiger partial charge in [0.1, 0.15) is 0 Å². The minimum atomic E-state index is -0.685. The number of imide groups is 1. The zero-order valence-corrected chi connectivity index (χ0v) is 13.1. The molecule has 5 heteroatoms. The van der Waals surface area contributed by atoms with E-state index in [1.54, 1.807) is 24.3 Å². The molecule has 0 radical (unpaired) electrons. The van der Waals surface area contributed by atoms with Gasteiger partial charge >= 0.3 is 6.09 Å². The summed E-state index contributed by atoms with van der Waals surface area (Å²) in [6.07, 6.45) is 0.810. The summed E-state index contributed by atoms with van der Waals surface area (Å²) in [4.78, 5) is 36.6. The maximum Gasteiger partial charge on any atom is 0.422 e. The molecule has 24 heavy (non-hydrogen) atoms. The molecule has 0 N–H and O–H groups in total. The van der Waals surface area contributed by atoms with Crippen molar-refractivity contribution in [3.05, 3.63) is 77.0 Å². The van der Waals surface area contributed by atoms with Crippen molar-refractivity contribution in [1.29, 1.82) is 0 Å². The first kappa shape index (κ1) is 15.7. The predicted molar refractivity (Wildman–Crippen MR) is 87.9 cm³/mol. The van der Waals surface area contributed by atoms with Gasteiger partial charge in [0, 0.05) is 5.56 Å². The van der Waals surface area contributed by atoms with Crippen molar-refractivity contribution in [3.8, 4) is 0 Å². The summed E-state index contributed by atoms with van der Waals surface area (Å²) >= 11 is 0. The van der Waals surface area contributed by atoms with Gasteiger partial charge in [-0.1, -0.05) is 54.6 Å². The zero-order chi connectivity index (χ0) is 17.1. The van der Waals surface area contributed by atoms with Crippen LogP contribution in [0.4, 0.5) is 4.79 Å². The van der Waals surface area contributed by atoms with Crippen molar-refractivity contribution in [2.45, 2.75) is 13.5 Å². The molecule has 2 amide bonds. The normalized spacial score (nSPS) is 15.7. The van der Waals surface area contributed by atoms with Crippen molar-refractivity contribution in [3.63, 3.8) is 0 Å². The molecule has 1 fully saturated rings. The minimum absolute atomic E-state index is 0.0218. The van der Waals surface area contributed by atoms with E-state index in [0.29, 0.717) is 11.1 Å². The molecular formula is C19H15NO4. The molecule has 1 saturated heterocycles. The lowest BCUT2D eigenvalue weighted by atomic mass is 10.1. The first-order valence-electron chi connectivity index (χ1n) is 7.45. The van der Waals surface area contributed by atoms with E-state index in [0.717, 1.165) is 10.5 Å². The topological polar surface area (TPSA) is 63.7 Å². The van der Waals surface area contributed by atoms with Crippen LogP contribution in [0.2, 0.25) is 0 Å². The van der Waals surface area contributed by atoms with Crippen LogP contribution in [0.1, 0.15) is 28.4 Å². The van der Waals surface area contributed by atoms with E-state index in [1.807, 2.05) is 30.3 Å². The SMILES string of the molecule is CC(=O)c1ccc(/C=C2\OC(=O)N(Cc3ccccc3)C2=O)cc1. The van der Waals surface area contributed by atoms with E-state index in [9.17, 15) is 14.4 Å². The number of cyclic esters (lactones) is 1. The van der Waals surface area contributed by atoms with Crippen LogP contribution in [0.15, 0.2) is 60.4 Å². The Morgan fingerprint density at radius 1 is 1.04 bits per heavy atom. The van der Waals surface area contributed by atoms with Gasteiger partial charge in [0.25, 0.3) is 5.91 Å². The van der Waals surface area contributed by atoms with E-state index < -0.39 is 12.0 Å². The lowest BCUT2D eigenvalue weighted by Gasteiger charge is -2.09. The highest BCUT2D eigenvalue weighted by molar-refractivity contribution is 6.09. The summed E-state index contributed by atoms with van der Waals surface area (Å²) in [5, 5.41) is 0. The van der Waals surface area contributed by atoms with E-state index >= 15 is 0 Å². The fraction of sp³-hybridized carbons (Fsp3) is 0.105. The average Bonchev–Trinajstić information content (AvgIpc) is 2.84. The second-order valence-corrected chi connectivity index (χ2v) is 5.43. The highest BCUT2D eigenvalue weighted by Crippen LogP contribution is 2.22. The van der Waals surface area contributed by atoms with E-state index in [4.69, 9.17) is 4.74 Å². The van der Waals surface area contributed by atoms with Gasteiger partial charge < -0.3 is 4.74 Å². The lowest BCUT2D eigenvalue weighted by molar-refractivity contribution is -0.123. The molecule has 0 aromatic heterocycles. The number of carbonyl (C=O) groups is 3. The third-order valence-electron chi connectivity index (χ3n) is 3.67. The van der Waals surface area contributed by atoms with E-state index in [-0.39, 0.29) is 18.1 Å². The van der Waals surface area contributed by atoms with Crippen LogP contribution in [0.3, 0.4) is 0 Å². The van der Waals surface area contributed by atoms with Crippen molar-refractivity contribution in [2.24, 2.45) is 0 Å². The molecule has 1 aliphatic heterocycles. The maximum absolute atomic E-state index is 12.4. The molecule has 5 nitrogen and oxygen atoms in total. The molecule has 1 aliphatic rings. The first-order chi connectivity index (χ1) is 11.5. The van der Waals surface area contributed by atoms with Gasteiger partial charge in [-0.15, -0.1) is 0 Å². The zero-order valence-electron chi connectivity index (χ0n) is 13.1. The largest absolute Gasteiger partial charge is 0.422 e. The minimum Gasteiger partial charge on any atom is -0.404 e. The highest BCUT2D eigenvalue weighted by Gasteiger charge is 2.36. The number of ketones is 1. The van der Waals surface area contributed by atoms with Crippen molar-refractivity contribution >= 4 is 23.9 Å². The fourth-order valence-corrected chi connectivity index (χ4v) is 2.37. The molecule has 0 aliphatic carbocycles. The Bertz CT molecular complexity index is 822. The molecule has 120 valence electrons. The van der Waals surface area contributed by atoms with E-state index in [2.05, 4.69) is 0 Å². The van der Waals surface area contributed by atoms with Crippen molar-refractivity contribution in [1.82, 2.24) is 4.90 Å². The Morgan fingerprint density at radius 2 is 1.71 bits per heavy atom. The van der Waals surface area contributed by atoms with Gasteiger partial charge in [-0.25, -0.2) is 9.69 Å². The smallest absolute Gasteiger partial charge is 0.404 e. The van der Waals surface area contributed by atoms with Gasteiger partial charge in [0.05, 0.1) is 6.54 Å². The molecule has 0 bridgehead atoms. The lowest BCUT2D eigenvalue weighted by Crippen LogP contribution is -2.28. The van der Waals surface area contributed by atoms with Gasteiger partial charge in [0.2, 0.25) is 0 Å². The molecule has 2 aromatic carbocycles. The number of hydrogen-bond acceptors (Lipinski definition) is 4. The summed E-state index contributed by atoms with van der Waals surface area (Å²) in [7, 11) is 0. The molecule has 1 heterocycles. The Hall–Kier alpha value is -3.21. The number of amides is 2. The van der Waals surface area contributed by atoms with Crippen LogP contribution in [0.25, 0.3) is 6.08 Å². The number of Topliss-reactive ketones (excluding diaryl/α,β-unsaturated/α-hetero) is 1. The second kappa shape index (κ2) is 6.50. The monoisotopic (exact) mass is 321 g/mol. The number of nitrogens with zero attached hydrogens (tertiary/aromatic N) is 1. The number of rotatable bonds is 4. The summed E-state index contributed by atoms with van der Waals surface area (Å²) in [5.41, 5.74) is 2.10. The Labute approximate surface area is 139 Å². The van der Waals surface area contributed by atoms with Crippen LogP contribution in [-0.2, 0) is 16.1 Å². The summed E-state index contributed by atoms with van der Waals surface area (Å²) in [6.45, 7) is 1.65. The standard InChI is InChI=1S/C19H15NO4/c1-13(21)16-9-7-14(8-10-16)11-17-18(22)20(19(23)24-17)12-15-5-3-2-4-6-15/h2-11H,12H2,1H3/b17-11-. The number of hydrogen-bond donors (Lipinski definition) is 0.